The number of ether oxygens (including phenoxy) is 1. The standard InChI is InChI=1S/C16H24N2O3/c1-12-11-21-14(10-19)9-18(12)16(20)15-6-4-3-5-13(15)7-8-17-2/h3-6,12,14,17,19H,7-11H2,1-2H3. The summed E-state index contributed by atoms with van der Waals surface area (Å²) in [5, 5.41) is 12.4. The number of hydrogen-bond acceptors (Lipinski definition) is 4. The first-order chi connectivity index (χ1) is 10.2. The van der Waals surface area contributed by atoms with Crippen LogP contribution in [0.5, 0.6) is 0 Å². The summed E-state index contributed by atoms with van der Waals surface area (Å²) in [6.45, 7) is 3.66. The van der Waals surface area contributed by atoms with Gasteiger partial charge < -0.3 is 20.1 Å². The third-order valence-corrected chi connectivity index (χ3v) is 3.86. The number of carbonyl (C=O) groups excluding carboxylic acids is 1. The molecule has 2 unspecified atom stereocenters. The van der Waals surface area contributed by atoms with Gasteiger partial charge in [-0.2, -0.15) is 0 Å². The molecule has 0 radical (unpaired) electrons. The van der Waals surface area contributed by atoms with E-state index in [-0.39, 0.29) is 24.7 Å². The minimum absolute atomic E-state index is 0.0240. The Morgan fingerprint density at radius 1 is 1.48 bits per heavy atom. The van der Waals surface area contributed by atoms with E-state index in [4.69, 9.17) is 4.74 Å². The second-order valence-electron chi connectivity index (χ2n) is 5.46. The fourth-order valence-corrected chi connectivity index (χ4v) is 2.57. The molecule has 2 rings (SSSR count). The van der Waals surface area contributed by atoms with Gasteiger partial charge in [-0.15, -0.1) is 0 Å². The Morgan fingerprint density at radius 2 is 2.24 bits per heavy atom. The molecule has 1 aliphatic heterocycles. The maximum Gasteiger partial charge on any atom is 0.254 e. The maximum absolute atomic E-state index is 12.8. The van der Waals surface area contributed by atoms with Crippen molar-refractivity contribution >= 4 is 5.91 Å². The number of benzene rings is 1. The van der Waals surface area contributed by atoms with Crippen LogP contribution < -0.4 is 5.32 Å². The van der Waals surface area contributed by atoms with Crippen LogP contribution in [0.4, 0.5) is 0 Å². The van der Waals surface area contributed by atoms with E-state index < -0.39 is 0 Å². The molecule has 2 N–H and O–H groups in total. The number of likely N-dealkylation sites (N-methyl/N-ethyl adjacent to an activating group) is 1. The van der Waals surface area contributed by atoms with Gasteiger partial charge in [-0.25, -0.2) is 0 Å². The first-order valence-corrected chi connectivity index (χ1v) is 7.43. The van der Waals surface area contributed by atoms with Gasteiger partial charge >= 0.3 is 0 Å². The third-order valence-electron chi connectivity index (χ3n) is 3.86. The molecule has 0 aromatic heterocycles. The topological polar surface area (TPSA) is 61.8 Å². The summed E-state index contributed by atoms with van der Waals surface area (Å²) < 4.78 is 5.50. The Bertz CT molecular complexity index is 478. The predicted molar refractivity (Wildman–Crippen MR) is 81.4 cm³/mol. The molecule has 5 heteroatoms. The number of aliphatic hydroxyl groups excluding tert-OH is 1. The zero-order valence-electron chi connectivity index (χ0n) is 12.7. The number of carbonyl (C=O) groups is 1. The number of amides is 1. The van der Waals surface area contributed by atoms with Crippen molar-refractivity contribution in [1.29, 1.82) is 0 Å². The number of nitrogens with one attached hydrogen (secondary N) is 1. The van der Waals surface area contributed by atoms with E-state index >= 15 is 0 Å². The van der Waals surface area contributed by atoms with Crippen LogP contribution >= 0.6 is 0 Å². The molecule has 21 heavy (non-hydrogen) atoms. The van der Waals surface area contributed by atoms with Gasteiger partial charge in [0.25, 0.3) is 5.91 Å². The second kappa shape index (κ2) is 7.54. The Hall–Kier alpha value is -1.43. The largest absolute Gasteiger partial charge is 0.394 e. The molecule has 116 valence electrons. The molecule has 1 fully saturated rings. The van der Waals surface area contributed by atoms with Crippen LogP contribution in [0.3, 0.4) is 0 Å². The highest BCUT2D eigenvalue weighted by molar-refractivity contribution is 5.96. The fourth-order valence-electron chi connectivity index (χ4n) is 2.57. The molecule has 0 spiro atoms. The quantitative estimate of drug-likeness (QED) is 0.837. The van der Waals surface area contributed by atoms with Crippen molar-refractivity contribution in [3.8, 4) is 0 Å². The highest BCUT2D eigenvalue weighted by atomic mass is 16.5. The predicted octanol–water partition coefficient (Wildman–Crippen LogP) is 0.670. The zero-order chi connectivity index (χ0) is 15.2. The fraction of sp³-hybridized carbons (Fsp3) is 0.562. The van der Waals surface area contributed by atoms with Gasteiger partial charge in [-0.05, 0) is 38.6 Å². The molecule has 1 saturated heterocycles. The van der Waals surface area contributed by atoms with Gasteiger partial charge in [0.1, 0.15) is 0 Å². The Balaban J connectivity index is 2.18. The first-order valence-electron chi connectivity index (χ1n) is 7.43. The van der Waals surface area contributed by atoms with E-state index in [0.29, 0.717) is 13.2 Å². The molecule has 2 atom stereocenters. The van der Waals surface area contributed by atoms with E-state index in [0.717, 1.165) is 24.1 Å². The average molecular weight is 292 g/mol. The van der Waals surface area contributed by atoms with E-state index in [9.17, 15) is 9.90 Å². The van der Waals surface area contributed by atoms with Crippen molar-refractivity contribution in [2.45, 2.75) is 25.5 Å². The molecule has 0 saturated carbocycles. The van der Waals surface area contributed by atoms with Gasteiger partial charge in [-0.1, -0.05) is 18.2 Å². The van der Waals surface area contributed by atoms with Crippen molar-refractivity contribution < 1.29 is 14.6 Å². The molecule has 1 amide bonds. The molecule has 5 nitrogen and oxygen atoms in total. The lowest BCUT2D eigenvalue weighted by Gasteiger charge is -2.37. The lowest BCUT2D eigenvalue weighted by atomic mass is 10.0. The van der Waals surface area contributed by atoms with Gasteiger partial charge in [0.15, 0.2) is 0 Å². The Kier molecular flexibility index (Phi) is 5.73. The lowest BCUT2D eigenvalue weighted by molar-refractivity contribution is -0.0667. The number of hydrogen-bond donors (Lipinski definition) is 2. The van der Waals surface area contributed by atoms with Crippen molar-refractivity contribution in [2.24, 2.45) is 0 Å². The third kappa shape index (κ3) is 3.81. The molecular formula is C16H24N2O3. The van der Waals surface area contributed by atoms with Crippen LogP contribution in [0.2, 0.25) is 0 Å². The van der Waals surface area contributed by atoms with E-state index in [2.05, 4.69) is 5.32 Å². The maximum atomic E-state index is 12.8. The minimum Gasteiger partial charge on any atom is -0.394 e. The molecule has 0 aliphatic carbocycles. The smallest absolute Gasteiger partial charge is 0.254 e. The van der Waals surface area contributed by atoms with Crippen LogP contribution in [-0.4, -0.2) is 61.4 Å². The van der Waals surface area contributed by atoms with Crippen LogP contribution in [0.25, 0.3) is 0 Å². The van der Waals surface area contributed by atoms with Crippen LogP contribution in [-0.2, 0) is 11.2 Å². The lowest BCUT2D eigenvalue weighted by Crippen LogP contribution is -2.52. The van der Waals surface area contributed by atoms with Gasteiger partial charge in [0.05, 0.1) is 25.4 Å². The summed E-state index contributed by atoms with van der Waals surface area (Å²) >= 11 is 0. The molecule has 1 aromatic carbocycles. The SMILES string of the molecule is CNCCc1ccccc1C(=O)N1CC(CO)OCC1C. The second-order valence-corrected chi connectivity index (χ2v) is 5.46. The van der Waals surface area contributed by atoms with Gasteiger partial charge in [0.2, 0.25) is 0 Å². The van der Waals surface area contributed by atoms with Crippen molar-refractivity contribution in [2.75, 3.05) is 33.4 Å². The van der Waals surface area contributed by atoms with E-state index in [1.54, 1.807) is 0 Å². The van der Waals surface area contributed by atoms with Crippen LogP contribution in [0.15, 0.2) is 24.3 Å². The van der Waals surface area contributed by atoms with E-state index in [1.807, 2.05) is 43.1 Å². The molecular weight excluding hydrogens is 268 g/mol. The van der Waals surface area contributed by atoms with Crippen molar-refractivity contribution in [3.63, 3.8) is 0 Å². The minimum atomic E-state index is -0.283. The monoisotopic (exact) mass is 292 g/mol. The zero-order valence-corrected chi connectivity index (χ0v) is 12.7. The molecule has 0 bridgehead atoms. The number of morpholine rings is 1. The average Bonchev–Trinajstić information content (AvgIpc) is 2.53. The highest BCUT2D eigenvalue weighted by Crippen LogP contribution is 2.18. The number of rotatable bonds is 5. The van der Waals surface area contributed by atoms with Crippen LogP contribution in [0, 0.1) is 0 Å². The van der Waals surface area contributed by atoms with Gasteiger partial charge in [-0.3, -0.25) is 4.79 Å². The highest BCUT2D eigenvalue weighted by Gasteiger charge is 2.30. The molecule has 1 heterocycles. The Labute approximate surface area is 125 Å². The number of aliphatic hydroxyl groups is 1. The number of nitrogens with zero attached hydrogens (tertiary/aromatic N) is 1. The summed E-state index contributed by atoms with van der Waals surface area (Å²) in [6, 6.07) is 7.76. The summed E-state index contributed by atoms with van der Waals surface area (Å²) in [5.74, 6) is 0.0240. The van der Waals surface area contributed by atoms with Crippen molar-refractivity contribution in [1.82, 2.24) is 10.2 Å². The summed E-state index contributed by atoms with van der Waals surface area (Å²) in [4.78, 5) is 14.6. The Morgan fingerprint density at radius 3 is 2.95 bits per heavy atom. The first kappa shape index (κ1) is 15.9. The van der Waals surface area contributed by atoms with Gasteiger partial charge in [0, 0.05) is 12.1 Å². The summed E-state index contributed by atoms with van der Waals surface area (Å²) in [7, 11) is 1.90. The van der Waals surface area contributed by atoms with Crippen molar-refractivity contribution in [3.05, 3.63) is 35.4 Å². The molecule has 1 aliphatic rings. The summed E-state index contributed by atoms with van der Waals surface area (Å²) in [6.07, 6.45) is 0.537. The molecule has 1 aromatic rings. The normalized spacial score (nSPS) is 22.3. The van der Waals surface area contributed by atoms with Crippen LogP contribution in [0.1, 0.15) is 22.8 Å². The summed E-state index contributed by atoms with van der Waals surface area (Å²) in [5.41, 5.74) is 1.80. The van der Waals surface area contributed by atoms with E-state index in [1.165, 1.54) is 0 Å².